The normalized spacial score (nSPS) is 10.3. The van der Waals surface area contributed by atoms with Crippen molar-refractivity contribution in [1.82, 2.24) is 0 Å². The molecule has 0 unspecified atom stereocenters. The predicted octanol–water partition coefficient (Wildman–Crippen LogP) is 3.79. The van der Waals surface area contributed by atoms with Gasteiger partial charge in [0.1, 0.15) is 6.29 Å². The standard InChI is InChI=1S/C14H20O/c1-3-5-7-13-9-8-12(11-15)10-14(13)6-4-2/h8-11H,3-7H2,1-2H3. The summed E-state index contributed by atoms with van der Waals surface area (Å²) in [4.78, 5) is 10.7. The first-order chi connectivity index (χ1) is 7.31. The number of unbranched alkanes of at least 4 members (excludes halogenated alkanes) is 1. The SMILES string of the molecule is CCCCc1ccc(C=O)cc1CCC. The number of carbonyl (C=O) groups is 1. The largest absolute Gasteiger partial charge is 0.298 e. The molecular weight excluding hydrogens is 184 g/mol. The molecule has 0 aliphatic carbocycles. The van der Waals surface area contributed by atoms with Gasteiger partial charge in [-0.3, -0.25) is 4.79 Å². The molecule has 15 heavy (non-hydrogen) atoms. The van der Waals surface area contributed by atoms with Crippen molar-refractivity contribution in [2.24, 2.45) is 0 Å². The molecule has 0 fully saturated rings. The van der Waals surface area contributed by atoms with Crippen molar-refractivity contribution in [3.8, 4) is 0 Å². The van der Waals surface area contributed by atoms with E-state index < -0.39 is 0 Å². The first-order valence-corrected chi connectivity index (χ1v) is 5.88. The van der Waals surface area contributed by atoms with Crippen LogP contribution in [-0.4, -0.2) is 6.29 Å². The fourth-order valence-corrected chi connectivity index (χ4v) is 1.83. The van der Waals surface area contributed by atoms with Crippen molar-refractivity contribution < 1.29 is 4.79 Å². The van der Waals surface area contributed by atoms with Crippen molar-refractivity contribution >= 4 is 6.29 Å². The van der Waals surface area contributed by atoms with E-state index in [0.717, 1.165) is 31.1 Å². The van der Waals surface area contributed by atoms with Gasteiger partial charge < -0.3 is 0 Å². The maximum atomic E-state index is 10.7. The summed E-state index contributed by atoms with van der Waals surface area (Å²) >= 11 is 0. The zero-order valence-corrected chi connectivity index (χ0v) is 9.75. The van der Waals surface area contributed by atoms with Crippen LogP contribution in [0.5, 0.6) is 0 Å². The van der Waals surface area contributed by atoms with E-state index in [0.29, 0.717) is 0 Å². The lowest BCUT2D eigenvalue weighted by Crippen LogP contribution is -1.96. The third kappa shape index (κ3) is 3.50. The van der Waals surface area contributed by atoms with Gasteiger partial charge in [-0.1, -0.05) is 38.8 Å². The van der Waals surface area contributed by atoms with Gasteiger partial charge in [-0.05, 0) is 36.5 Å². The number of aryl methyl sites for hydroxylation is 2. The highest BCUT2D eigenvalue weighted by Gasteiger charge is 2.02. The van der Waals surface area contributed by atoms with Gasteiger partial charge in [0.15, 0.2) is 0 Å². The minimum atomic E-state index is 0.804. The summed E-state index contributed by atoms with van der Waals surface area (Å²) in [5, 5.41) is 0. The summed E-state index contributed by atoms with van der Waals surface area (Å²) in [6.45, 7) is 4.39. The third-order valence-electron chi connectivity index (χ3n) is 2.69. The fraction of sp³-hybridized carbons (Fsp3) is 0.500. The topological polar surface area (TPSA) is 17.1 Å². The van der Waals surface area contributed by atoms with Gasteiger partial charge in [0.2, 0.25) is 0 Å². The van der Waals surface area contributed by atoms with E-state index in [1.807, 2.05) is 12.1 Å². The monoisotopic (exact) mass is 204 g/mol. The van der Waals surface area contributed by atoms with Gasteiger partial charge in [-0.15, -0.1) is 0 Å². The molecule has 1 heteroatoms. The molecule has 82 valence electrons. The zero-order valence-electron chi connectivity index (χ0n) is 9.75. The van der Waals surface area contributed by atoms with Gasteiger partial charge in [0.25, 0.3) is 0 Å². The van der Waals surface area contributed by atoms with Crippen LogP contribution in [0.25, 0.3) is 0 Å². The van der Waals surface area contributed by atoms with Crippen molar-refractivity contribution in [2.45, 2.75) is 46.0 Å². The highest BCUT2D eigenvalue weighted by Crippen LogP contribution is 2.16. The van der Waals surface area contributed by atoms with Crippen LogP contribution in [0.1, 0.15) is 54.6 Å². The molecule has 0 bridgehead atoms. The first kappa shape index (κ1) is 12.0. The Morgan fingerprint density at radius 3 is 2.47 bits per heavy atom. The van der Waals surface area contributed by atoms with Gasteiger partial charge in [0.05, 0.1) is 0 Å². The zero-order chi connectivity index (χ0) is 11.1. The second-order valence-corrected chi connectivity index (χ2v) is 4.00. The van der Waals surface area contributed by atoms with E-state index in [1.54, 1.807) is 0 Å². The van der Waals surface area contributed by atoms with E-state index >= 15 is 0 Å². The predicted molar refractivity (Wildman–Crippen MR) is 64.4 cm³/mol. The molecule has 1 rings (SSSR count). The summed E-state index contributed by atoms with van der Waals surface area (Å²) < 4.78 is 0. The van der Waals surface area contributed by atoms with Gasteiger partial charge in [-0.2, -0.15) is 0 Å². The van der Waals surface area contributed by atoms with Gasteiger partial charge in [0, 0.05) is 5.56 Å². The highest BCUT2D eigenvalue weighted by atomic mass is 16.1. The van der Waals surface area contributed by atoms with Crippen LogP contribution < -0.4 is 0 Å². The Morgan fingerprint density at radius 1 is 1.07 bits per heavy atom. The molecule has 0 aliphatic rings. The number of hydrogen-bond donors (Lipinski definition) is 0. The smallest absolute Gasteiger partial charge is 0.150 e. The average molecular weight is 204 g/mol. The maximum absolute atomic E-state index is 10.7. The second-order valence-electron chi connectivity index (χ2n) is 4.00. The Kier molecular flexibility index (Phi) is 5.09. The molecule has 0 heterocycles. The molecule has 0 aromatic heterocycles. The molecule has 0 saturated heterocycles. The van der Waals surface area contributed by atoms with Crippen LogP contribution in [-0.2, 0) is 12.8 Å². The molecule has 0 spiro atoms. The van der Waals surface area contributed by atoms with E-state index in [1.165, 1.54) is 24.0 Å². The molecule has 1 aromatic rings. The Balaban J connectivity index is 2.87. The Bertz CT molecular complexity index is 315. The summed E-state index contributed by atoms with van der Waals surface area (Å²) in [7, 11) is 0. The summed E-state index contributed by atoms with van der Waals surface area (Å²) in [6.07, 6.45) is 6.76. The Labute approximate surface area is 92.5 Å². The van der Waals surface area contributed by atoms with E-state index in [-0.39, 0.29) is 0 Å². The number of rotatable bonds is 6. The molecule has 0 atom stereocenters. The first-order valence-electron chi connectivity index (χ1n) is 5.88. The minimum Gasteiger partial charge on any atom is -0.298 e. The number of benzene rings is 1. The van der Waals surface area contributed by atoms with Crippen molar-refractivity contribution in [3.05, 3.63) is 34.9 Å². The minimum absolute atomic E-state index is 0.804. The van der Waals surface area contributed by atoms with E-state index in [2.05, 4.69) is 19.9 Å². The summed E-state index contributed by atoms with van der Waals surface area (Å²) in [5.41, 5.74) is 3.58. The Hall–Kier alpha value is -1.11. The van der Waals surface area contributed by atoms with E-state index in [9.17, 15) is 4.79 Å². The van der Waals surface area contributed by atoms with Gasteiger partial charge >= 0.3 is 0 Å². The third-order valence-corrected chi connectivity index (χ3v) is 2.69. The lowest BCUT2D eigenvalue weighted by atomic mass is 9.97. The molecule has 0 N–H and O–H groups in total. The summed E-state index contributed by atoms with van der Waals surface area (Å²) in [5.74, 6) is 0. The number of hydrogen-bond acceptors (Lipinski definition) is 1. The van der Waals surface area contributed by atoms with Crippen molar-refractivity contribution in [1.29, 1.82) is 0 Å². The number of aldehydes is 1. The van der Waals surface area contributed by atoms with Crippen LogP contribution in [0, 0.1) is 0 Å². The quantitative estimate of drug-likeness (QED) is 0.644. The molecule has 0 aliphatic heterocycles. The molecule has 1 aromatic carbocycles. The lowest BCUT2D eigenvalue weighted by molar-refractivity contribution is 0.112. The van der Waals surface area contributed by atoms with E-state index in [4.69, 9.17) is 0 Å². The lowest BCUT2D eigenvalue weighted by Gasteiger charge is -2.08. The molecule has 0 amide bonds. The molecular formula is C14H20O. The van der Waals surface area contributed by atoms with Gasteiger partial charge in [-0.25, -0.2) is 0 Å². The molecule has 0 radical (unpaired) electrons. The highest BCUT2D eigenvalue weighted by molar-refractivity contribution is 5.75. The molecule has 1 nitrogen and oxygen atoms in total. The molecule has 0 saturated carbocycles. The van der Waals surface area contributed by atoms with Crippen LogP contribution >= 0.6 is 0 Å². The maximum Gasteiger partial charge on any atom is 0.150 e. The average Bonchev–Trinajstić information content (AvgIpc) is 2.27. The summed E-state index contributed by atoms with van der Waals surface area (Å²) in [6, 6.07) is 6.09. The van der Waals surface area contributed by atoms with Crippen LogP contribution in [0.3, 0.4) is 0 Å². The van der Waals surface area contributed by atoms with Crippen LogP contribution in [0.2, 0.25) is 0 Å². The fourth-order valence-electron chi connectivity index (χ4n) is 1.83. The Morgan fingerprint density at radius 2 is 1.87 bits per heavy atom. The van der Waals surface area contributed by atoms with Crippen LogP contribution in [0.15, 0.2) is 18.2 Å². The van der Waals surface area contributed by atoms with Crippen molar-refractivity contribution in [3.63, 3.8) is 0 Å². The second kappa shape index (κ2) is 6.39. The van der Waals surface area contributed by atoms with Crippen LogP contribution in [0.4, 0.5) is 0 Å². The number of carbonyl (C=O) groups excluding carboxylic acids is 1. The van der Waals surface area contributed by atoms with Crippen molar-refractivity contribution in [2.75, 3.05) is 0 Å².